The third kappa shape index (κ3) is 3.79. The minimum absolute atomic E-state index is 0.356. The van der Waals surface area contributed by atoms with E-state index >= 15 is 0 Å². The minimum atomic E-state index is -0.832. The van der Waals surface area contributed by atoms with Gasteiger partial charge in [0.2, 0.25) is 5.82 Å². The van der Waals surface area contributed by atoms with Crippen LogP contribution in [0.4, 0.5) is 15.8 Å². The van der Waals surface area contributed by atoms with E-state index in [2.05, 4.69) is 37.2 Å². The molecule has 0 spiro atoms. The van der Waals surface area contributed by atoms with Gasteiger partial charge in [0.15, 0.2) is 0 Å². The van der Waals surface area contributed by atoms with Gasteiger partial charge in [-0.3, -0.25) is 10.1 Å². The Morgan fingerprint density at radius 1 is 1.24 bits per heavy atom. The molecule has 2 aromatic carbocycles. The summed E-state index contributed by atoms with van der Waals surface area (Å²) >= 11 is 6.92. The molecule has 0 radical (unpaired) electrons. The van der Waals surface area contributed by atoms with E-state index in [1.807, 2.05) is 19.1 Å². The Morgan fingerprint density at radius 3 is 2.38 bits per heavy atom. The van der Waals surface area contributed by atoms with Crippen LogP contribution in [0.25, 0.3) is 0 Å². The van der Waals surface area contributed by atoms with E-state index in [0.717, 1.165) is 20.2 Å². The SMILES string of the molecule is Cc1cc(Br)c(NCc2ccc([N+](=O)[O-])c(F)c2)c(Br)c1. The number of nitrogens with zero attached hydrogens (tertiary/aromatic N) is 1. The molecular formula is C14H11Br2FN2O2. The van der Waals surface area contributed by atoms with Crippen LogP contribution >= 0.6 is 31.9 Å². The summed E-state index contributed by atoms with van der Waals surface area (Å²) in [6.45, 7) is 2.33. The number of hydrogen-bond acceptors (Lipinski definition) is 3. The number of hydrogen-bond donors (Lipinski definition) is 1. The summed E-state index contributed by atoms with van der Waals surface area (Å²) in [5, 5.41) is 13.7. The Kier molecular flexibility index (Phi) is 4.95. The average Bonchev–Trinajstić information content (AvgIpc) is 2.36. The Labute approximate surface area is 137 Å². The Hall–Kier alpha value is -1.47. The lowest BCUT2D eigenvalue weighted by Gasteiger charge is -2.12. The molecule has 0 aromatic heterocycles. The van der Waals surface area contributed by atoms with E-state index in [4.69, 9.17) is 0 Å². The molecule has 7 heteroatoms. The van der Waals surface area contributed by atoms with Gasteiger partial charge in [-0.2, -0.15) is 4.39 Å². The molecule has 2 aromatic rings. The van der Waals surface area contributed by atoms with E-state index in [9.17, 15) is 14.5 Å². The number of nitro benzene ring substituents is 1. The standard InChI is InChI=1S/C14H11Br2FN2O2/c1-8-4-10(15)14(11(16)5-8)18-7-9-2-3-13(19(20)21)12(17)6-9/h2-6,18H,7H2,1H3. The van der Waals surface area contributed by atoms with Crippen molar-refractivity contribution in [1.82, 2.24) is 0 Å². The van der Waals surface area contributed by atoms with Crippen LogP contribution in [-0.2, 0) is 6.54 Å². The maximum absolute atomic E-state index is 13.6. The summed E-state index contributed by atoms with van der Waals surface area (Å²) in [6.07, 6.45) is 0. The zero-order valence-electron chi connectivity index (χ0n) is 11.0. The highest BCUT2D eigenvalue weighted by Crippen LogP contribution is 2.32. The Morgan fingerprint density at radius 2 is 1.86 bits per heavy atom. The van der Waals surface area contributed by atoms with Crippen molar-refractivity contribution in [2.75, 3.05) is 5.32 Å². The molecule has 0 saturated heterocycles. The molecule has 0 aliphatic rings. The van der Waals surface area contributed by atoms with Crippen molar-refractivity contribution in [3.8, 4) is 0 Å². The molecule has 0 heterocycles. The van der Waals surface area contributed by atoms with Crippen molar-refractivity contribution in [2.45, 2.75) is 13.5 Å². The largest absolute Gasteiger partial charge is 0.379 e. The summed E-state index contributed by atoms with van der Waals surface area (Å²) in [6, 6.07) is 7.80. The Balaban J connectivity index is 2.17. The third-order valence-corrected chi connectivity index (χ3v) is 4.12. The van der Waals surface area contributed by atoms with Crippen molar-refractivity contribution >= 4 is 43.2 Å². The second kappa shape index (κ2) is 6.53. The number of aryl methyl sites for hydroxylation is 1. The van der Waals surface area contributed by atoms with Crippen LogP contribution in [0.15, 0.2) is 39.3 Å². The predicted octanol–water partition coefficient (Wildman–Crippen LogP) is 5.18. The highest BCUT2D eigenvalue weighted by molar-refractivity contribution is 9.11. The molecule has 0 atom stereocenters. The summed E-state index contributed by atoms with van der Waals surface area (Å²) in [5.41, 5.74) is 2.05. The van der Waals surface area contributed by atoms with Crippen LogP contribution in [0, 0.1) is 22.9 Å². The van der Waals surface area contributed by atoms with Gasteiger partial charge < -0.3 is 5.32 Å². The lowest BCUT2D eigenvalue weighted by atomic mass is 10.2. The molecule has 0 bridgehead atoms. The van der Waals surface area contributed by atoms with Crippen LogP contribution < -0.4 is 5.32 Å². The maximum Gasteiger partial charge on any atom is 0.304 e. The normalized spacial score (nSPS) is 10.5. The maximum atomic E-state index is 13.6. The van der Waals surface area contributed by atoms with Crippen LogP contribution in [0.3, 0.4) is 0 Å². The summed E-state index contributed by atoms with van der Waals surface area (Å²) in [4.78, 5) is 9.83. The fourth-order valence-electron chi connectivity index (χ4n) is 1.87. The quantitative estimate of drug-likeness (QED) is 0.550. The number of nitro groups is 1. The van der Waals surface area contributed by atoms with E-state index in [0.29, 0.717) is 12.1 Å². The van der Waals surface area contributed by atoms with Crippen LogP contribution in [0.1, 0.15) is 11.1 Å². The molecule has 0 saturated carbocycles. The predicted molar refractivity (Wildman–Crippen MR) is 87.0 cm³/mol. The molecule has 4 nitrogen and oxygen atoms in total. The molecule has 0 aliphatic heterocycles. The van der Waals surface area contributed by atoms with Crippen molar-refractivity contribution in [3.05, 3.63) is 66.3 Å². The van der Waals surface area contributed by atoms with Crippen molar-refractivity contribution in [3.63, 3.8) is 0 Å². The van der Waals surface area contributed by atoms with Crippen LogP contribution in [0.2, 0.25) is 0 Å². The molecule has 1 N–H and O–H groups in total. The molecule has 110 valence electrons. The topological polar surface area (TPSA) is 55.2 Å². The van der Waals surface area contributed by atoms with Gasteiger partial charge in [0.25, 0.3) is 0 Å². The van der Waals surface area contributed by atoms with E-state index in [-0.39, 0.29) is 0 Å². The third-order valence-electron chi connectivity index (χ3n) is 2.86. The zero-order valence-corrected chi connectivity index (χ0v) is 14.2. The number of halogens is 3. The minimum Gasteiger partial charge on any atom is -0.379 e. The van der Waals surface area contributed by atoms with Gasteiger partial charge in [0.05, 0.1) is 10.6 Å². The van der Waals surface area contributed by atoms with Gasteiger partial charge in [-0.05, 0) is 68.1 Å². The molecule has 0 aliphatic carbocycles. The highest BCUT2D eigenvalue weighted by atomic mass is 79.9. The summed E-state index contributed by atoms with van der Waals surface area (Å²) in [7, 11) is 0. The van der Waals surface area contributed by atoms with Gasteiger partial charge in [-0.25, -0.2) is 0 Å². The van der Waals surface area contributed by atoms with Gasteiger partial charge in [0, 0.05) is 21.6 Å². The smallest absolute Gasteiger partial charge is 0.304 e. The average molecular weight is 418 g/mol. The second-order valence-corrected chi connectivity index (χ2v) is 6.21. The van der Waals surface area contributed by atoms with Crippen LogP contribution in [0.5, 0.6) is 0 Å². The number of nitrogens with one attached hydrogen (secondary N) is 1. The molecule has 0 unspecified atom stereocenters. The first-order chi connectivity index (χ1) is 9.88. The van der Waals surface area contributed by atoms with Crippen molar-refractivity contribution in [2.24, 2.45) is 0 Å². The van der Waals surface area contributed by atoms with Gasteiger partial charge >= 0.3 is 5.69 Å². The highest BCUT2D eigenvalue weighted by Gasteiger charge is 2.14. The van der Waals surface area contributed by atoms with Gasteiger partial charge in [0.1, 0.15) is 0 Å². The first-order valence-corrected chi connectivity index (χ1v) is 7.59. The number of benzene rings is 2. The number of rotatable bonds is 4. The van der Waals surface area contributed by atoms with E-state index in [1.54, 1.807) is 0 Å². The first-order valence-electron chi connectivity index (χ1n) is 6.01. The Bertz CT molecular complexity index is 684. The lowest BCUT2D eigenvalue weighted by molar-refractivity contribution is -0.387. The van der Waals surface area contributed by atoms with E-state index < -0.39 is 16.4 Å². The van der Waals surface area contributed by atoms with Crippen LogP contribution in [-0.4, -0.2) is 4.92 Å². The first kappa shape index (κ1) is 15.9. The fourth-order valence-corrected chi connectivity index (χ4v) is 3.56. The molecular weight excluding hydrogens is 407 g/mol. The molecule has 0 fully saturated rings. The van der Waals surface area contributed by atoms with E-state index in [1.165, 1.54) is 18.2 Å². The monoisotopic (exact) mass is 416 g/mol. The fraction of sp³-hybridized carbons (Fsp3) is 0.143. The van der Waals surface area contributed by atoms with Crippen molar-refractivity contribution in [1.29, 1.82) is 0 Å². The van der Waals surface area contributed by atoms with Gasteiger partial charge in [-0.15, -0.1) is 0 Å². The molecule has 21 heavy (non-hydrogen) atoms. The van der Waals surface area contributed by atoms with Gasteiger partial charge in [-0.1, -0.05) is 6.07 Å². The molecule has 0 amide bonds. The zero-order chi connectivity index (χ0) is 15.6. The number of anilines is 1. The molecule has 2 rings (SSSR count). The second-order valence-electron chi connectivity index (χ2n) is 4.50. The van der Waals surface area contributed by atoms with Crippen molar-refractivity contribution < 1.29 is 9.31 Å². The summed E-state index contributed by atoms with van der Waals surface area (Å²) in [5.74, 6) is -0.832. The lowest BCUT2D eigenvalue weighted by Crippen LogP contribution is -2.02. The summed E-state index contributed by atoms with van der Waals surface area (Å²) < 4.78 is 15.3.